The van der Waals surface area contributed by atoms with Gasteiger partial charge in [0.15, 0.2) is 0 Å². The van der Waals surface area contributed by atoms with E-state index in [1.54, 1.807) is 13.4 Å². The normalized spacial score (nSPS) is 10.8. The molecule has 21 heavy (non-hydrogen) atoms. The summed E-state index contributed by atoms with van der Waals surface area (Å²) in [7, 11) is 1.67. The summed E-state index contributed by atoms with van der Waals surface area (Å²) in [4.78, 5) is 2.66. The van der Waals surface area contributed by atoms with Crippen molar-refractivity contribution in [2.45, 2.75) is 20.0 Å². The van der Waals surface area contributed by atoms with Crippen LogP contribution in [0.25, 0.3) is 0 Å². The second-order valence-electron chi connectivity index (χ2n) is 4.77. The molecular weight excluding hydrogens is 284 g/mol. The topological polar surface area (TPSA) is 51.6 Å². The third-order valence-corrected chi connectivity index (χ3v) is 3.60. The van der Waals surface area contributed by atoms with Crippen LogP contribution in [0.15, 0.2) is 41.0 Å². The largest absolute Gasteiger partial charge is 0.496 e. The smallest absolute Gasteiger partial charge is 0.123 e. The lowest BCUT2D eigenvalue weighted by Gasteiger charge is -2.21. The molecule has 1 aromatic heterocycles. The SMILES string of the molecule is CCN(Cc1ccco1)Cc1cc(C(N)=S)ccc1OC. The van der Waals surface area contributed by atoms with Gasteiger partial charge in [-0.1, -0.05) is 19.1 Å². The highest BCUT2D eigenvalue weighted by atomic mass is 32.1. The van der Waals surface area contributed by atoms with E-state index >= 15 is 0 Å². The van der Waals surface area contributed by atoms with Gasteiger partial charge >= 0.3 is 0 Å². The molecule has 1 heterocycles. The molecular formula is C16H20N2O2S. The molecule has 0 saturated heterocycles. The van der Waals surface area contributed by atoms with E-state index in [9.17, 15) is 0 Å². The van der Waals surface area contributed by atoms with Gasteiger partial charge in [0.25, 0.3) is 0 Å². The maximum Gasteiger partial charge on any atom is 0.123 e. The fourth-order valence-corrected chi connectivity index (χ4v) is 2.33. The first-order valence-electron chi connectivity index (χ1n) is 6.85. The first-order chi connectivity index (χ1) is 10.1. The summed E-state index contributed by atoms with van der Waals surface area (Å²) in [6.07, 6.45) is 1.69. The number of nitrogens with zero attached hydrogens (tertiary/aromatic N) is 1. The predicted molar refractivity (Wildman–Crippen MR) is 87.4 cm³/mol. The van der Waals surface area contributed by atoms with Gasteiger partial charge in [-0.05, 0) is 36.9 Å². The van der Waals surface area contributed by atoms with E-state index in [2.05, 4.69) is 11.8 Å². The van der Waals surface area contributed by atoms with Crippen molar-refractivity contribution in [3.63, 3.8) is 0 Å². The highest BCUT2D eigenvalue weighted by Gasteiger charge is 2.12. The zero-order valence-corrected chi connectivity index (χ0v) is 13.2. The van der Waals surface area contributed by atoms with Crippen molar-refractivity contribution >= 4 is 17.2 Å². The minimum absolute atomic E-state index is 0.396. The van der Waals surface area contributed by atoms with Crippen LogP contribution in [-0.4, -0.2) is 23.5 Å². The molecule has 0 aliphatic rings. The minimum atomic E-state index is 0.396. The first kappa shape index (κ1) is 15.5. The Balaban J connectivity index is 2.18. The highest BCUT2D eigenvalue weighted by Crippen LogP contribution is 2.22. The number of ether oxygens (including phenoxy) is 1. The van der Waals surface area contributed by atoms with E-state index in [-0.39, 0.29) is 0 Å². The number of nitrogens with two attached hydrogens (primary N) is 1. The molecule has 0 aliphatic heterocycles. The Kier molecular flexibility index (Phi) is 5.36. The van der Waals surface area contributed by atoms with Crippen LogP contribution < -0.4 is 10.5 Å². The summed E-state index contributed by atoms with van der Waals surface area (Å²) in [6.45, 7) is 4.52. The molecule has 5 heteroatoms. The van der Waals surface area contributed by atoms with Gasteiger partial charge in [0.05, 0.1) is 19.9 Å². The molecule has 112 valence electrons. The van der Waals surface area contributed by atoms with E-state index in [1.165, 1.54) is 0 Å². The van der Waals surface area contributed by atoms with Crippen molar-refractivity contribution in [3.05, 3.63) is 53.5 Å². The maximum atomic E-state index is 5.71. The Morgan fingerprint density at radius 3 is 2.71 bits per heavy atom. The molecule has 4 nitrogen and oxygen atoms in total. The number of furan rings is 1. The molecule has 0 fully saturated rings. The molecule has 0 radical (unpaired) electrons. The van der Waals surface area contributed by atoms with Crippen LogP contribution in [0.4, 0.5) is 0 Å². The molecule has 0 spiro atoms. The zero-order valence-electron chi connectivity index (χ0n) is 12.3. The molecule has 2 aromatic rings. The highest BCUT2D eigenvalue weighted by molar-refractivity contribution is 7.80. The van der Waals surface area contributed by atoms with Crippen LogP contribution in [-0.2, 0) is 13.1 Å². The number of hydrogen-bond donors (Lipinski definition) is 1. The van der Waals surface area contributed by atoms with E-state index in [0.717, 1.165) is 42.3 Å². The predicted octanol–water partition coefficient (Wildman–Crippen LogP) is 2.94. The summed E-state index contributed by atoms with van der Waals surface area (Å²) in [5.74, 6) is 1.79. The van der Waals surface area contributed by atoms with Crippen LogP contribution >= 0.6 is 12.2 Å². The van der Waals surface area contributed by atoms with Crippen LogP contribution in [0.2, 0.25) is 0 Å². The molecule has 2 N–H and O–H groups in total. The lowest BCUT2D eigenvalue weighted by molar-refractivity contribution is 0.244. The monoisotopic (exact) mass is 304 g/mol. The van der Waals surface area contributed by atoms with Gasteiger partial charge in [0.2, 0.25) is 0 Å². The number of thiocarbonyl (C=S) groups is 1. The number of rotatable bonds is 7. The zero-order chi connectivity index (χ0) is 15.2. The average Bonchev–Trinajstić information content (AvgIpc) is 2.99. The third kappa shape index (κ3) is 4.06. The van der Waals surface area contributed by atoms with Crippen LogP contribution in [0.1, 0.15) is 23.8 Å². The van der Waals surface area contributed by atoms with E-state index < -0.39 is 0 Å². The van der Waals surface area contributed by atoms with Crippen molar-refractivity contribution in [1.29, 1.82) is 0 Å². The Hall–Kier alpha value is -1.85. The molecule has 0 bridgehead atoms. The number of methoxy groups -OCH3 is 1. The van der Waals surface area contributed by atoms with Crippen LogP contribution in [0.5, 0.6) is 5.75 Å². The summed E-state index contributed by atoms with van der Waals surface area (Å²) in [6, 6.07) is 9.66. The first-order valence-corrected chi connectivity index (χ1v) is 7.26. The van der Waals surface area contributed by atoms with Crippen LogP contribution in [0.3, 0.4) is 0 Å². The van der Waals surface area contributed by atoms with Gasteiger partial charge in [-0.3, -0.25) is 4.90 Å². The molecule has 2 rings (SSSR count). The molecule has 0 amide bonds. The molecule has 0 atom stereocenters. The van der Waals surface area contributed by atoms with Crippen molar-refractivity contribution in [3.8, 4) is 5.75 Å². The number of hydrogen-bond acceptors (Lipinski definition) is 4. The molecule has 0 aliphatic carbocycles. The Bertz CT molecular complexity index is 596. The molecule has 0 unspecified atom stereocenters. The lowest BCUT2D eigenvalue weighted by atomic mass is 10.1. The van der Waals surface area contributed by atoms with E-state index in [4.69, 9.17) is 27.1 Å². The lowest BCUT2D eigenvalue weighted by Crippen LogP contribution is -2.22. The fraction of sp³-hybridized carbons (Fsp3) is 0.312. The average molecular weight is 304 g/mol. The summed E-state index contributed by atoms with van der Waals surface area (Å²) in [5.41, 5.74) is 7.63. The molecule has 0 saturated carbocycles. The summed E-state index contributed by atoms with van der Waals surface area (Å²) < 4.78 is 10.8. The summed E-state index contributed by atoms with van der Waals surface area (Å²) >= 11 is 5.04. The number of benzene rings is 1. The van der Waals surface area contributed by atoms with Crippen molar-refractivity contribution in [2.75, 3.05) is 13.7 Å². The minimum Gasteiger partial charge on any atom is -0.496 e. The van der Waals surface area contributed by atoms with E-state index in [0.29, 0.717) is 4.99 Å². The fourth-order valence-electron chi connectivity index (χ4n) is 2.20. The van der Waals surface area contributed by atoms with Gasteiger partial charge in [-0.2, -0.15) is 0 Å². The Morgan fingerprint density at radius 1 is 1.33 bits per heavy atom. The maximum absolute atomic E-state index is 5.71. The van der Waals surface area contributed by atoms with Crippen molar-refractivity contribution in [2.24, 2.45) is 5.73 Å². The van der Waals surface area contributed by atoms with Gasteiger partial charge in [-0.25, -0.2) is 0 Å². The summed E-state index contributed by atoms with van der Waals surface area (Å²) in [5, 5.41) is 0. The quantitative estimate of drug-likeness (QED) is 0.797. The third-order valence-electron chi connectivity index (χ3n) is 3.37. The second kappa shape index (κ2) is 7.24. The standard InChI is InChI=1S/C16H20N2O2S/c1-3-18(11-14-5-4-8-20-14)10-13-9-12(16(17)21)6-7-15(13)19-2/h4-9H,3,10-11H2,1-2H3,(H2,17,21). The van der Waals surface area contributed by atoms with Gasteiger partial charge in [0, 0.05) is 17.7 Å². The van der Waals surface area contributed by atoms with Crippen LogP contribution in [0, 0.1) is 0 Å². The van der Waals surface area contributed by atoms with Gasteiger partial charge < -0.3 is 14.9 Å². The van der Waals surface area contributed by atoms with E-state index in [1.807, 2.05) is 30.3 Å². The van der Waals surface area contributed by atoms with Crippen molar-refractivity contribution < 1.29 is 9.15 Å². The Morgan fingerprint density at radius 2 is 2.14 bits per heavy atom. The Labute approximate surface area is 130 Å². The van der Waals surface area contributed by atoms with Crippen molar-refractivity contribution in [1.82, 2.24) is 4.90 Å². The van der Waals surface area contributed by atoms with Gasteiger partial charge in [-0.15, -0.1) is 0 Å². The van der Waals surface area contributed by atoms with Gasteiger partial charge in [0.1, 0.15) is 16.5 Å². The molecule has 1 aromatic carbocycles. The second-order valence-corrected chi connectivity index (χ2v) is 5.21.